The Bertz CT molecular complexity index is 1260. The Kier molecular flexibility index (Phi) is 6.91. The first-order valence-electron chi connectivity index (χ1n) is 10.6. The molecule has 0 spiro atoms. The molecule has 0 atom stereocenters. The summed E-state index contributed by atoms with van der Waals surface area (Å²) in [6.45, 7) is 3.54. The van der Waals surface area contributed by atoms with Crippen LogP contribution in [0.15, 0.2) is 60.8 Å². The Labute approximate surface area is 191 Å². The van der Waals surface area contributed by atoms with Gasteiger partial charge in [0.25, 0.3) is 0 Å². The van der Waals surface area contributed by atoms with Gasteiger partial charge >= 0.3 is 0 Å². The highest BCUT2D eigenvalue weighted by molar-refractivity contribution is 7.71. The highest BCUT2D eigenvalue weighted by atomic mass is 32.1. The molecule has 0 aliphatic carbocycles. The number of nitrogens with one attached hydrogen (secondary N) is 2. The zero-order chi connectivity index (χ0) is 22.3. The van der Waals surface area contributed by atoms with Crippen LogP contribution < -0.4 is 10.1 Å². The predicted octanol–water partition coefficient (Wildman–Crippen LogP) is 4.44. The summed E-state index contributed by atoms with van der Waals surface area (Å²) in [7, 11) is 0. The van der Waals surface area contributed by atoms with Crippen molar-refractivity contribution in [2.75, 3.05) is 13.2 Å². The molecule has 164 valence electrons. The van der Waals surface area contributed by atoms with Crippen LogP contribution in [0.25, 0.3) is 22.3 Å². The number of aromatic nitrogens is 4. The van der Waals surface area contributed by atoms with E-state index in [4.69, 9.17) is 17.0 Å². The Balaban J connectivity index is 1.24. The van der Waals surface area contributed by atoms with Crippen molar-refractivity contribution in [3.05, 3.63) is 71.1 Å². The second-order valence-electron chi connectivity index (χ2n) is 7.50. The first-order valence-corrected chi connectivity index (χ1v) is 11.0. The first kappa shape index (κ1) is 21.7. The number of hydrogen-bond donors (Lipinski definition) is 2. The van der Waals surface area contributed by atoms with Crippen LogP contribution >= 0.6 is 12.2 Å². The minimum Gasteiger partial charge on any atom is -0.491 e. The van der Waals surface area contributed by atoms with Gasteiger partial charge in [-0.15, -0.1) is 0 Å². The number of H-pyrrole nitrogens is 1. The lowest BCUT2D eigenvalue weighted by molar-refractivity contribution is -0.121. The lowest BCUT2D eigenvalue weighted by Gasteiger charge is -2.10. The van der Waals surface area contributed by atoms with Crippen LogP contribution in [0.5, 0.6) is 5.75 Å². The molecule has 8 heteroatoms. The number of para-hydroxylation sites is 1. The predicted molar refractivity (Wildman–Crippen MR) is 127 cm³/mol. The standard InChI is InChI=1S/C24H25N5O2S/c1-17-8-10-19(11-9-17)23-27-28-24(32)29(23)15-12-21(30)25-14-4-16-31-20-7-2-5-18-6-3-13-26-22(18)20/h2-3,5-11,13H,4,12,14-16H2,1H3,(H,25,30)(H,28,32). The quantitative estimate of drug-likeness (QED) is 0.293. The fourth-order valence-corrected chi connectivity index (χ4v) is 3.65. The number of hydrogen-bond acceptors (Lipinski definition) is 5. The highest BCUT2D eigenvalue weighted by Crippen LogP contribution is 2.23. The Morgan fingerprint density at radius 1 is 1.16 bits per heavy atom. The Morgan fingerprint density at radius 3 is 2.81 bits per heavy atom. The molecule has 2 aromatic carbocycles. The molecule has 0 bridgehead atoms. The van der Waals surface area contributed by atoms with Gasteiger partial charge in [0.2, 0.25) is 5.91 Å². The van der Waals surface area contributed by atoms with E-state index in [0.29, 0.717) is 37.3 Å². The number of aromatic amines is 1. The molecule has 4 aromatic rings. The average Bonchev–Trinajstić information content (AvgIpc) is 3.18. The molecule has 0 aliphatic heterocycles. The smallest absolute Gasteiger partial charge is 0.221 e. The second kappa shape index (κ2) is 10.2. The largest absolute Gasteiger partial charge is 0.491 e. The topological polar surface area (TPSA) is 84.8 Å². The number of ether oxygens (including phenoxy) is 1. The molecule has 0 saturated carbocycles. The molecule has 0 fully saturated rings. The van der Waals surface area contributed by atoms with E-state index in [9.17, 15) is 4.79 Å². The lowest BCUT2D eigenvalue weighted by Crippen LogP contribution is -2.26. The summed E-state index contributed by atoms with van der Waals surface area (Å²) in [6, 6.07) is 17.8. The normalized spacial score (nSPS) is 10.9. The van der Waals surface area contributed by atoms with Crippen molar-refractivity contribution in [3.63, 3.8) is 0 Å². The van der Waals surface area contributed by atoms with Crippen LogP contribution in [-0.4, -0.2) is 38.8 Å². The zero-order valence-corrected chi connectivity index (χ0v) is 18.7. The van der Waals surface area contributed by atoms with E-state index >= 15 is 0 Å². The van der Waals surface area contributed by atoms with Crippen LogP contribution in [0.1, 0.15) is 18.4 Å². The van der Waals surface area contributed by atoms with E-state index in [-0.39, 0.29) is 5.91 Å². The molecule has 2 heterocycles. The molecule has 2 aromatic heterocycles. The third-order valence-corrected chi connectivity index (χ3v) is 5.44. The van der Waals surface area contributed by atoms with E-state index in [0.717, 1.165) is 28.0 Å². The molecule has 1 amide bonds. The fourth-order valence-electron chi connectivity index (χ4n) is 3.42. The van der Waals surface area contributed by atoms with Crippen molar-refractivity contribution in [1.82, 2.24) is 25.1 Å². The van der Waals surface area contributed by atoms with Gasteiger partial charge in [0.1, 0.15) is 11.3 Å². The summed E-state index contributed by atoms with van der Waals surface area (Å²) in [5.41, 5.74) is 2.98. The molecule has 0 aliphatic rings. The van der Waals surface area contributed by atoms with Gasteiger partial charge in [0.15, 0.2) is 10.6 Å². The van der Waals surface area contributed by atoms with E-state index < -0.39 is 0 Å². The second-order valence-corrected chi connectivity index (χ2v) is 7.89. The van der Waals surface area contributed by atoms with Crippen molar-refractivity contribution in [1.29, 1.82) is 0 Å². The third-order valence-electron chi connectivity index (χ3n) is 5.13. The summed E-state index contributed by atoms with van der Waals surface area (Å²) in [5.74, 6) is 1.46. The highest BCUT2D eigenvalue weighted by Gasteiger charge is 2.10. The fraction of sp³-hybridized carbons (Fsp3) is 0.250. The van der Waals surface area contributed by atoms with Gasteiger partial charge in [-0.05, 0) is 37.7 Å². The van der Waals surface area contributed by atoms with Crippen LogP contribution in [-0.2, 0) is 11.3 Å². The zero-order valence-electron chi connectivity index (χ0n) is 17.9. The van der Waals surface area contributed by atoms with E-state index in [2.05, 4.69) is 20.5 Å². The van der Waals surface area contributed by atoms with Gasteiger partial charge in [0, 0.05) is 36.7 Å². The Morgan fingerprint density at radius 2 is 1.97 bits per heavy atom. The third kappa shape index (κ3) is 5.20. The molecule has 0 radical (unpaired) electrons. The van der Waals surface area contributed by atoms with E-state index in [1.807, 2.05) is 66.1 Å². The Hall–Kier alpha value is -3.52. The van der Waals surface area contributed by atoms with Gasteiger partial charge in [-0.3, -0.25) is 19.4 Å². The summed E-state index contributed by atoms with van der Waals surface area (Å²) in [4.78, 5) is 16.7. The van der Waals surface area contributed by atoms with Gasteiger partial charge < -0.3 is 10.1 Å². The number of carbonyl (C=O) groups excluding carboxylic acids is 1. The number of rotatable bonds is 9. The van der Waals surface area contributed by atoms with Crippen molar-refractivity contribution < 1.29 is 9.53 Å². The van der Waals surface area contributed by atoms with Gasteiger partial charge in [-0.2, -0.15) is 5.10 Å². The maximum atomic E-state index is 12.3. The average molecular weight is 448 g/mol. The monoisotopic (exact) mass is 447 g/mol. The SMILES string of the molecule is Cc1ccc(-c2n[nH]c(=S)n2CCC(=O)NCCCOc2cccc3cccnc23)cc1. The number of fused-ring (bicyclic) bond motifs is 1. The van der Waals surface area contributed by atoms with Crippen molar-refractivity contribution in [2.24, 2.45) is 0 Å². The molecule has 0 unspecified atom stereocenters. The maximum absolute atomic E-state index is 12.3. The molecule has 7 nitrogen and oxygen atoms in total. The number of nitrogens with zero attached hydrogens (tertiary/aromatic N) is 3. The van der Waals surface area contributed by atoms with Crippen molar-refractivity contribution in [2.45, 2.75) is 26.3 Å². The van der Waals surface area contributed by atoms with Crippen LogP contribution in [0.3, 0.4) is 0 Å². The molecular weight excluding hydrogens is 422 g/mol. The minimum atomic E-state index is -0.0326. The van der Waals surface area contributed by atoms with Crippen molar-refractivity contribution >= 4 is 29.0 Å². The molecule has 4 rings (SSSR count). The number of carbonyl (C=O) groups is 1. The van der Waals surface area contributed by atoms with Gasteiger partial charge in [-0.25, -0.2) is 0 Å². The summed E-state index contributed by atoms with van der Waals surface area (Å²) in [6.07, 6.45) is 2.78. The maximum Gasteiger partial charge on any atom is 0.221 e. The van der Waals surface area contributed by atoms with Crippen LogP contribution in [0, 0.1) is 11.7 Å². The molecule has 0 saturated heterocycles. The van der Waals surface area contributed by atoms with Crippen LogP contribution in [0.4, 0.5) is 0 Å². The molecular formula is C24H25N5O2S. The molecule has 32 heavy (non-hydrogen) atoms. The lowest BCUT2D eigenvalue weighted by atomic mass is 10.1. The van der Waals surface area contributed by atoms with E-state index in [1.165, 1.54) is 5.56 Å². The number of aryl methyl sites for hydroxylation is 1. The molecule has 2 N–H and O–H groups in total. The number of benzene rings is 2. The minimum absolute atomic E-state index is 0.0326. The van der Waals surface area contributed by atoms with Gasteiger partial charge in [0.05, 0.1) is 6.61 Å². The number of pyridine rings is 1. The van der Waals surface area contributed by atoms with Crippen LogP contribution in [0.2, 0.25) is 0 Å². The number of amides is 1. The van der Waals surface area contributed by atoms with Gasteiger partial charge in [-0.1, -0.05) is 48.0 Å². The summed E-state index contributed by atoms with van der Waals surface area (Å²) in [5, 5.41) is 11.1. The van der Waals surface area contributed by atoms with Crippen molar-refractivity contribution in [3.8, 4) is 17.1 Å². The first-order chi connectivity index (χ1) is 15.6. The van der Waals surface area contributed by atoms with E-state index in [1.54, 1.807) is 6.20 Å². The summed E-state index contributed by atoms with van der Waals surface area (Å²) >= 11 is 5.34. The summed E-state index contributed by atoms with van der Waals surface area (Å²) < 4.78 is 8.23.